The van der Waals surface area contributed by atoms with Crippen LogP contribution in [0.25, 0.3) is 5.69 Å². The van der Waals surface area contributed by atoms with Crippen LogP contribution in [-0.2, 0) is 5.54 Å². The molecule has 0 amide bonds. The van der Waals surface area contributed by atoms with Crippen LogP contribution in [0.5, 0.6) is 0 Å². The van der Waals surface area contributed by atoms with Gasteiger partial charge in [-0.05, 0) is 42.5 Å². The normalized spacial score (nSPS) is 15.4. The molecule has 14 heteroatoms. The molecule has 2 aromatic carbocycles. The molecule has 1 aliphatic rings. The summed E-state index contributed by atoms with van der Waals surface area (Å²) in [4.78, 5) is 27.9. The second kappa shape index (κ2) is 7.72. The Labute approximate surface area is 189 Å². The Kier molecular flexibility index (Phi) is 5.35. The van der Waals surface area contributed by atoms with E-state index in [1.165, 1.54) is 22.1 Å². The Bertz CT molecular complexity index is 1410. The Hall–Kier alpha value is -3.61. The summed E-state index contributed by atoms with van der Waals surface area (Å²) in [6.07, 6.45) is -12.2. The van der Waals surface area contributed by atoms with Crippen molar-refractivity contribution in [3.05, 3.63) is 91.3 Å². The number of halogens is 8. The zero-order valence-electron chi connectivity index (χ0n) is 16.4. The first-order valence-electron chi connectivity index (χ1n) is 9.23. The van der Waals surface area contributed by atoms with Gasteiger partial charge in [0.15, 0.2) is 0 Å². The molecule has 0 unspecified atom stereocenters. The Morgan fingerprint density at radius 3 is 2.12 bits per heavy atom. The molecule has 3 aromatic rings. The van der Waals surface area contributed by atoms with Crippen molar-refractivity contribution in [2.75, 3.05) is 5.32 Å². The van der Waals surface area contributed by atoms with Gasteiger partial charge in [-0.3, -0.25) is 9.78 Å². The van der Waals surface area contributed by atoms with Gasteiger partial charge in [-0.1, -0.05) is 17.7 Å². The van der Waals surface area contributed by atoms with Gasteiger partial charge in [0.05, 0.1) is 11.3 Å². The van der Waals surface area contributed by atoms with E-state index in [2.05, 4.69) is 5.32 Å². The molecule has 0 radical (unpaired) electrons. The number of rotatable bonds is 2. The number of nitrogens with one attached hydrogen (secondary N) is 3. The first-order chi connectivity index (χ1) is 15.8. The summed E-state index contributed by atoms with van der Waals surface area (Å²) >= 11 is 5.85. The predicted molar refractivity (Wildman–Crippen MR) is 107 cm³/mol. The third-order valence-corrected chi connectivity index (χ3v) is 5.33. The number of H-pyrrole nitrogens is 1. The van der Waals surface area contributed by atoms with Crippen LogP contribution in [0.2, 0.25) is 5.02 Å². The molecule has 34 heavy (non-hydrogen) atoms. The average Bonchev–Trinajstić information content (AvgIpc) is 2.72. The minimum atomic E-state index is -6.11. The number of hydrogen-bond donors (Lipinski definition) is 3. The number of aromatic amines is 1. The first-order valence-corrected chi connectivity index (χ1v) is 9.61. The van der Waals surface area contributed by atoms with Crippen molar-refractivity contribution in [3.8, 4) is 5.69 Å². The fourth-order valence-corrected chi connectivity index (χ4v) is 3.80. The number of alkyl halides is 6. The fourth-order valence-electron chi connectivity index (χ4n) is 3.61. The molecule has 0 spiro atoms. The van der Waals surface area contributed by atoms with E-state index in [1.807, 2.05) is 0 Å². The number of amidine groups is 1. The van der Waals surface area contributed by atoms with Gasteiger partial charge in [-0.2, -0.15) is 26.3 Å². The molecule has 0 saturated heterocycles. The van der Waals surface area contributed by atoms with E-state index in [-0.39, 0.29) is 16.3 Å². The predicted octanol–water partition coefficient (Wildman–Crippen LogP) is 2.59. The highest BCUT2D eigenvalue weighted by molar-refractivity contribution is 6.31. The number of hydrogen-bond acceptors (Lipinski definition) is 3. The monoisotopic (exact) mass is 507 g/mol. The molecule has 178 valence electrons. The molecule has 3 N–H and O–H groups in total. The van der Waals surface area contributed by atoms with Crippen molar-refractivity contribution in [1.29, 1.82) is 0 Å². The molecule has 0 aliphatic carbocycles. The van der Waals surface area contributed by atoms with Gasteiger partial charge in [-0.25, -0.2) is 24.1 Å². The third-order valence-electron chi connectivity index (χ3n) is 5.09. The number of aromatic nitrogens is 2. The maximum Gasteiger partial charge on any atom is 0.446 e. The molecule has 0 atom stereocenters. The van der Waals surface area contributed by atoms with Crippen LogP contribution in [0.4, 0.5) is 36.6 Å². The van der Waals surface area contributed by atoms with Crippen LogP contribution in [0.15, 0.2) is 58.1 Å². The van der Waals surface area contributed by atoms with Gasteiger partial charge in [0.2, 0.25) is 5.82 Å². The summed E-state index contributed by atoms with van der Waals surface area (Å²) in [5.41, 5.74) is -10.6. The SMILES string of the molecule is O=c1[nH]c(=O)n(-c2ccc(F)cc2)c2c1C(C(F)(F)F)(C(F)(F)F)[NH+]=C(c1cccc(Cl)c1)N2. The summed E-state index contributed by atoms with van der Waals surface area (Å²) in [6, 6.07) is 8.41. The standard InChI is InChI=1S/C20H10ClF7N4O2/c21-10-3-1-2-9(8-10)14-29-15-13(18(31-14,19(23,24)25)20(26,27)28)16(33)30-17(34)32(15)12-6-4-11(22)5-7-12/h1-8H,(H,29,31)(H,30,33,34)/p+1. The van der Waals surface area contributed by atoms with Crippen LogP contribution in [0, 0.1) is 5.82 Å². The van der Waals surface area contributed by atoms with E-state index in [0.29, 0.717) is 4.57 Å². The summed E-state index contributed by atoms with van der Waals surface area (Å²) in [7, 11) is 0. The van der Waals surface area contributed by atoms with Gasteiger partial charge in [-0.15, -0.1) is 0 Å². The van der Waals surface area contributed by atoms with Crippen molar-refractivity contribution in [2.24, 2.45) is 0 Å². The van der Waals surface area contributed by atoms with Gasteiger partial charge in [0.25, 0.3) is 11.4 Å². The maximum atomic E-state index is 14.3. The molecule has 1 aromatic heterocycles. The molecular weight excluding hydrogens is 497 g/mol. The average molecular weight is 508 g/mol. The highest BCUT2D eigenvalue weighted by atomic mass is 35.5. The van der Waals surface area contributed by atoms with Crippen LogP contribution < -0.4 is 21.6 Å². The Morgan fingerprint density at radius 1 is 0.941 bits per heavy atom. The quantitative estimate of drug-likeness (QED) is 0.467. The summed E-state index contributed by atoms with van der Waals surface area (Å²) in [5.74, 6) is -2.72. The minimum absolute atomic E-state index is 0.00847. The first kappa shape index (κ1) is 23.5. The van der Waals surface area contributed by atoms with E-state index < -0.39 is 52.2 Å². The second-order valence-corrected chi connectivity index (χ2v) is 7.61. The number of fused-ring (bicyclic) bond motifs is 1. The molecule has 4 rings (SSSR count). The molecule has 2 heterocycles. The van der Waals surface area contributed by atoms with Crippen molar-refractivity contribution >= 4 is 23.3 Å². The summed E-state index contributed by atoms with van der Waals surface area (Å²) < 4.78 is 99.4. The van der Waals surface area contributed by atoms with E-state index >= 15 is 0 Å². The smallest absolute Gasteiger partial charge is 0.273 e. The van der Waals surface area contributed by atoms with Gasteiger partial charge in [0.1, 0.15) is 11.4 Å². The van der Waals surface area contributed by atoms with E-state index in [0.717, 1.165) is 36.4 Å². The van der Waals surface area contributed by atoms with E-state index in [9.17, 15) is 40.3 Å². The van der Waals surface area contributed by atoms with Crippen molar-refractivity contribution in [3.63, 3.8) is 0 Å². The van der Waals surface area contributed by atoms with Crippen LogP contribution in [0.3, 0.4) is 0 Å². The van der Waals surface area contributed by atoms with Crippen molar-refractivity contribution in [2.45, 2.75) is 17.9 Å². The largest absolute Gasteiger partial charge is 0.446 e. The zero-order valence-corrected chi connectivity index (χ0v) is 17.2. The van der Waals surface area contributed by atoms with Gasteiger partial charge >= 0.3 is 23.6 Å². The van der Waals surface area contributed by atoms with Crippen LogP contribution >= 0.6 is 11.6 Å². The lowest BCUT2D eigenvalue weighted by atomic mass is 9.87. The van der Waals surface area contributed by atoms with Gasteiger partial charge in [0, 0.05) is 5.02 Å². The summed E-state index contributed by atoms with van der Waals surface area (Å²) in [5, 5.41) is 2.29. The third kappa shape index (κ3) is 3.56. The number of anilines is 1. The van der Waals surface area contributed by atoms with Crippen LogP contribution in [-0.4, -0.2) is 27.7 Å². The molecule has 0 bridgehead atoms. The maximum absolute atomic E-state index is 14.3. The number of nitrogens with zero attached hydrogens (tertiary/aromatic N) is 1. The number of benzene rings is 2. The Morgan fingerprint density at radius 2 is 1.56 bits per heavy atom. The molecule has 0 saturated carbocycles. The molecular formula is C20H11ClF7N4O2+. The highest BCUT2D eigenvalue weighted by Crippen LogP contribution is 2.48. The second-order valence-electron chi connectivity index (χ2n) is 7.18. The lowest BCUT2D eigenvalue weighted by Crippen LogP contribution is -2.97. The topological polar surface area (TPSA) is 80.9 Å². The van der Waals surface area contributed by atoms with Gasteiger partial charge < -0.3 is 0 Å². The summed E-state index contributed by atoms with van der Waals surface area (Å²) in [6.45, 7) is 0. The highest BCUT2D eigenvalue weighted by Gasteiger charge is 2.78. The molecule has 0 fully saturated rings. The van der Waals surface area contributed by atoms with Crippen LogP contribution in [0.1, 0.15) is 11.1 Å². The van der Waals surface area contributed by atoms with E-state index in [1.54, 1.807) is 0 Å². The van der Waals surface area contributed by atoms with Crippen molar-refractivity contribution < 1.29 is 35.7 Å². The molecule has 6 nitrogen and oxygen atoms in total. The van der Waals surface area contributed by atoms with E-state index in [4.69, 9.17) is 11.6 Å². The fraction of sp³-hybridized carbons (Fsp3) is 0.150. The Balaban J connectivity index is 2.18. The zero-order chi connectivity index (χ0) is 25.1. The lowest BCUT2D eigenvalue weighted by molar-refractivity contribution is -0.658. The molecule has 1 aliphatic heterocycles. The minimum Gasteiger partial charge on any atom is -0.273 e. The van der Waals surface area contributed by atoms with Crippen molar-refractivity contribution in [1.82, 2.24) is 9.55 Å². The lowest BCUT2D eigenvalue weighted by Gasteiger charge is -2.35.